The normalized spacial score (nSPS) is 12.2. The molecule has 22 heavy (non-hydrogen) atoms. The van der Waals surface area contributed by atoms with E-state index < -0.39 is 12.2 Å². The molecule has 0 bridgehead atoms. The van der Waals surface area contributed by atoms with Crippen molar-refractivity contribution in [1.82, 2.24) is 4.57 Å². The van der Waals surface area contributed by atoms with Crippen LogP contribution in [0, 0.1) is 0 Å². The first-order valence-corrected chi connectivity index (χ1v) is 6.87. The molecule has 5 nitrogen and oxygen atoms in total. The summed E-state index contributed by atoms with van der Waals surface area (Å²) < 4.78 is 6.84. The maximum Gasteiger partial charge on any atom is 0.418 e. The second-order valence-corrected chi connectivity index (χ2v) is 4.86. The Morgan fingerprint density at radius 2 is 1.77 bits per heavy atom. The molecule has 5 heteroatoms. The van der Waals surface area contributed by atoms with E-state index in [0.29, 0.717) is 5.52 Å². The molecule has 1 unspecified atom stereocenters. The molecular formula is C17H15NO4. The summed E-state index contributed by atoms with van der Waals surface area (Å²) in [5, 5.41) is 19.8. The Balaban J connectivity index is 2.02. The average Bonchev–Trinajstić information content (AvgIpc) is 2.91. The number of aliphatic hydroxyl groups is 1. The van der Waals surface area contributed by atoms with Crippen LogP contribution in [0.3, 0.4) is 0 Å². The molecule has 0 radical (unpaired) electrons. The number of aliphatic hydroxyl groups excluding tert-OH is 1. The van der Waals surface area contributed by atoms with Crippen molar-refractivity contribution in [3.63, 3.8) is 0 Å². The zero-order chi connectivity index (χ0) is 15.5. The second kappa shape index (κ2) is 5.91. The topological polar surface area (TPSA) is 71.7 Å². The number of nitrogens with zero attached hydrogens (tertiary/aromatic N) is 1. The predicted molar refractivity (Wildman–Crippen MR) is 82.3 cm³/mol. The van der Waals surface area contributed by atoms with Crippen LogP contribution in [-0.4, -0.2) is 27.5 Å². The molecule has 1 aromatic heterocycles. The van der Waals surface area contributed by atoms with Crippen LogP contribution in [0.15, 0.2) is 60.7 Å². The van der Waals surface area contributed by atoms with E-state index in [1.165, 1.54) is 0 Å². The number of hydrogen-bond acceptors (Lipinski definition) is 3. The molecule has 0 saturated heterocycles. The summed E-state index contributed by atoms with van der Waals surface area (Å²) in [4.78, 5) is 11.5. The van der Waals surface area contributed by atoms with Gasteiger partial charge in [-0.1, -0.05) is 48.5 Å². The predicted octanol–water partition coefficient (Wildman–Crippen LogP) is 3.28. The van der Waals surface area contributed by atoms with Gasteiger partial charge in [-0.05, 0) is 11.6 Å². The molecule has 0 amide bonds. The molecule has 0 aliphatic carbocycles. The van der Waals surface area contributed by atoms with E-state index in [2.05, 4.69) is 0 Å². The number of carbonyl (C=O) groups is 1. The zero-order valence-corrected chi connectivity index (χ0v) is 11.7. The number of carboxylic acid groups (broad SMARTS) is 1. The van der Waals surface area contributed by atoms with Crippen molar-refractivity contribution >= 4 is 17.0 Å². The van der Waals surface area contributed by atoms with Crippen LogP contribution in [0.1, 0.15) is 11.7 Å². The molecule has 0 fully saturated rings. The fraction of sp³-hybridized carbons (Fsp3) is 0.118. The van der Waals surface area contributed by atoms with E-state index in [1.807, 2.05) is 42.5 Å². The highest BCUT2D eigenvalue weighted by Crippen LogP contribution is 2.29. The molecule has 3 aromatic rings. The van der Waals surface area contributed by atoms with Gasteiger partial charge in [-0.25, -0.2) is 9.36 Å². The molecule has 2 N–H and O–H groups in total. The number of ether oxygens (including phenoxy) is 1. The van der Waals surface area contributed by atoms with Gasteiger partial charge in [0.25, 0.3) is 0 Å². The summed E-state index contributed by atoms with van der Waals surface area (Å²) in [7, 11) is 0. The van der Waals surface area contributed by atoms with E-state index >= 15 is 0 Å². The maximum atomic E-state index is 11.5. The molecule has 0 aliphatic heterocycles. The number of benzene rings is 2. The third kappa shape index (κ3) is 2.54. The number of para-hydroxylation sites is 1. The van der Waals surface area contributed by atoms with E-state index in [0.717, 1.165) is 15.5 Å². The second-order valence-electron chi connectivity index (χ2n) is 4.86. The minimum absolute atomic E-state index is 0.191. The minimum atomic E-state index is -1.12. The van der Waals surface area contributed by atoms with Gasteiger partial charge >= 0.3 is 6.09 Å². The van der Waals surface area contributed by atoms with Crippen LogP contribution >= 0.6 is 0 Å². The summed E-state index contributed by atoms with van der Waals surface area (Å²) in [5.74, 6) is 0.191. The number of aromatic nitrogens is 1. The first-order valence-electron chi connectivity index (χ1n) is 6.87. The van der Waals surface area contributed by atoms with Crippen LogP contribution in [-0.2, 0) is 0 Å². The van der Waals surface area contributed by atoms with Crippen molar-refractivity contribution in [3.8, 4) is 5.88 Å². The summed E-state index contributed by atoms with van der Waals surface area (Å²) >= 11 is 0. The number of hydrogen-bond donors (Lipinski definition) is 2. The fourth-order valence-corrected chi connectivity index (χ4v) is 2.44. The molecule has 0 spiro atoms. The van der Waals surface area contributed by atoms with Crippen molar-refractivity contribution in [2.24, 2.45) is 0 Å². The molecular weight excluding hydrogens is 282 g/mol. The van der Waals surface area contributed by atoms with Crippen molar-refractivity contribution in [2.75, 3.05) is 6.61 Å². The van der Waals surface area contributed by atoms with Crippen LogP contribution in [0.2, 0.25) is 0 Å². The highest BCUT2D eigenvalue weighted by atomic mass is 16.5. The molecule has 1 atom stereocenters. The van der Waals surface area contributed by atoms with E-state index in [-0.39, 0.29) is 12.5 Å². The Hall–Kier alpha value is -2.79. The van der Waals surface area contributed by atoms with Crippen molar-refractivity contribution in [3.05, 3.63) is 66.2 Å². The van der Waals surface area contributed by atoms with Gasteiger partial charge in [-0.15, -0.1) is 0 Å². The van der Waals surface area contributed by atoms with E-state index in [1.54, 1.807) is 18.2 Å². The first kappa shape index (κ1) is 14.2. The smallest absolute Gasteiger partial charge is 0.418 e. The molecule has 2 aromatic carbocycles. The van der Waals surface area contributed by atoms with Crippen LogP contribution in [0.5, 0.6) is 5.88 Å². The highest BCUT2D eigenvalue weighted by molar-refractivity contribution is 5.91. The van der Waals surface area contributed by atoms with Crippen molar-refractivity contribution < 1.29 is 19.7 Å². The Bertz CT molecular complexity index is 795. The Morgan fingerprint density at radius 3 is 2.45 bits per heavy atom. The SMILES string of the molecule is O=C(O)n1c(OC(CO)c2ccccc2)cc2ccccc21. The van der Waals surface area contributed by atoms with Crippen LogP contribution in [0.25, 0.3) is 10.9 Å². The molecule has 3 rings (SSSR count). The molecule has 1 heterocycles. The third-order valence-electron chi connectivity index (χ3n) is 3.47. The summed E-state index contributed by atoms with van der Waals surface area (Å²) in [6.07, 6.45) is -1.75. The summed E-state index contributed by atoms with van der Waals surface area (Å²) in [6, 6.07) is 18.0. The van der Waals surface area contributed by atoms with Gasteiger partial charge in [-0.3, -0.25) is 0 Å². The van der Waals surface area contributed by atoms with Crippen molar-refractivity contribution in [1.29, 1.82) is 0 Å². The standard InChI is InChI=1S/C17H15NO4/c19-11-15(12-6-2-1-3-7-12)22-16-10-13-8-4-5-9-14(13)18(16)17(20)21/h1-10,15,19H,11H2,(H,20,21). The quantitative estimate of drug-likeness (QED) is 0.775. The molecule has 0 saturated carbocycles. The van der Waals surface area contributed by atoms with Gasteiger partial charge < -0.3 is 14.9 Å². The fourth-order valence-electron chi connectivity index (χ4n) is 2.44. The van der Waals surface area contributed by atoms with Gasteiger partial charge in [0.05, 0.1) is 12.1 Å². The molecule has 112 valence electrons. The number of fused-ring (bicyclic) bond motifs is 1. The minimum Gasteiger partial charge on any atom is -0.468 e. The average molecular weight is 297 g/mol. The van der Waals surface area contributed by atoms with Crippen LogP contribution < -0.4 is 4.74 Å². The summed E-state index contributed by atoms with van der Waals surface area (Å²) in [5.41, 5.74) is 1.34. The monoisotopic (exact) mass is 297 g/mol. The first-order chi connectivity index (χ1) is 10.7. The Labute approximate surface area is 127 Å². The van der Waals surface area contributed by atoms with E-state index in [9.17, 15) is 15.0 Å². The Kier molecular flexibility index (Phi) is 3.80. The number of rotatable bonds is 4. The third-order valence-corrected chi connectivity index (χ3v) is 3.47. The maximum absolute atomic E-state index is 11.5. The van der Waals surface area contributed by atoms with E-state index in [4.69, 9.17) is 4.74 Å². The lowest BCUT2D eigenvalue weighted by Gasteiger charge is -2.17. The van der Waals surface area contributed by atoms with Crippen LogP contribution in [0.4, 0.5) is 4.79 Å². The largest absolute Gasteiger partial charge is 0.468 e. The van der Waals surface area contributed by atoms with Gasteiger partial charge in [0, 0.05) is 11.5 Å². The lowest BCUT2D eigenvalue weighted by molar-refractivity contribution is 0.107. The summed E-state index contributed by atoms with van der Waals surface area (Å²) in [6.45, 7) is -0.245. The zero-order valence-electron chi connectivity index (χ0n) is 11.7. The van der Waals surface area contributed by atoms with Crippen molar-refractivity contribution in [2.45, 2.75) is 6.10 Å². The Morgan fingerprint density at radius 1 is 1.09 bits per heavy atom. The molecule has 0 aliphatic rings. The van der Waals surface area contributed by atoms with Gasteiger partial charge in [0.1, 0.15) is 6.10 Å². The highest BCUT2D eigenvalue weighted by Gasteiger charge is 2.19. The van der Waals surface area contributed by atoms with Gasteiger partial charge in [-0.2, -0.15) is 0 Å². The van der Waals surface area contributed by atoms with Gasteiger partial charge in [0.2, 0.25) is 5.88 Å². The lowest BCUT2D eigenvalue weighted by Crippen LogP contribution is -2.16. The lowest BCUT2D eigenvalue weighted by atomic mass is 10.1. The van der Waals surface area contributed by atoms with Gasteiger partial charge in [0.15, 0.2) is 0 Å².